The molecule has 102 valence electrons. The van der Waals surface area contributed by atoms with Gasteiger partial charge in [0.1, 0.15) is 0 Å². The Hall–Kier alpha value is -0.830. The Balaban J connectivity index is 2.26. The number of hydrogen-bond acceptors (Lipinski definition) is 2. The van der Waals surface area contributed by atoms with Crippen molar-refractivity contribution < 1.29 is 15.0 Å². The zero-order valence-corrected chi connectivity index (χ0v) is 11.5. The molecule has 6 atom stereocenters. The van der Waals surface area contributed by atoms with Crippen molar-refractivity contribution in [2.45, 2.75) is 46.1 Å². The van der Waals surface area contributed by atoms with Crippen molar-refractivity contribution in [2.24, 2.45) is 29.6 Å². The average Bonchev–Trinajstić information content (AvgIpc) is 2.31. The van der Waals surface area contributed by atoms with Gasteiger partial charge in [0, 0.05) is 0 Å². The Morgan fingerprint density at radius 2 is 2.11 bits per heavy atom. The summed E-state index contributed by atoms with van der Waals surface area (Å²) in [5.74, 6) is 0.625. The first-order valence-corrected chi connectivity index (χ1v) is 7.01. The average molecular weight is 252 g/mol. The molecule has 2 N–H and O–H groups in total. The molecule has 0 aliphatic heterocycles. The highest BCUT2D eigenvalue weighted by Crippen LogP contribution is 2.47. The van der Waals surface area contributed by atoms with E-state index in [2.05, 4.69) is 13.0 Å². The Morgan fingerprint density at radius 3 is 2.72 bits per heavy atom. The summed E-state index contributed by atoms with van der Waals surface area (Å²) in [6, 6.07) is 0. The first kappa shape index (κ1) is 13.6. The van der Waals surface area contributed by atoms with Gasteiger partial charge in [-0.25, -0.2) is 0 Å². The van der Waals surface area contributed by atoms with E-state index < -0.39 is 5.97 Å². The molecule has 0 aromatic rings. The Kier molecular flexibility index (Phi) is 3.81. The van der Waals surface area contributed by atoms with Crippen molar-refractivity contribution >= 4 is 5.97 Å². The topological polar surface area (TPSA) is 57.5 Å². The molecule has 2 aliphatic rings. The lowest BCUT2D eigenvalue weighted by atomic mass is 9.59. The number of allylic oxidation sites excluding steroid dienone is 1. The molecule has 3 nitrogen and oxygen atoms in total. The van der Waals surface area contributed by atoms with E-state index in [1.165, 1.54) is 0 Å². The third kappa shape index (κ3) is 2.33. The maximum atomic E-state index is 11.2. The number of aliphatic carboxylic acids is 1. The number of aliphatic hydroxyl groups excluding tert-OH is 1. The lowest BCUT2D eigenvalue weighted by Crippen LogP contribution is -2.42. The van der Waals surface area contributed by atoms with Crippen LogP contribution in [0.3, 0.4) is 0 Å². The fourth-order valence-electron chi connectivity index (χ4n) is 3.82. The van der Waals surface area contributed by atoms with Crippen LogP contribution in [0.5, 0.6) is 0 Å². The van der Waals surface area contributed by atoms with Crippen LogP contribution >= 0.6 is 0 Å². The second-order valence-electron chi connectivity index (χ2n) is 6.25. The van der Waals surface area contributed by atoms with Crippen molar-refractivity contribution in [3.05, 3.63) is 11.6 Å². The molecule has 0 radical (unpaired) electrons. The lowest BCUT2D eigenvalue weighted by molar-refractivity contribution is -0.144. The third-order valence-electron chi connectivity index (χ3n) is 5.18. The number of aliphatic hydroxyl groups is 1. The van der Waals surface area contributed by atoms with Crippen LogP contribution in [-0.2, 0) is 4.79 Å². The summed E-state index contributed by atoms with van der Waals surface area (Å²) in [5.41, 5.74) is 1.02. The van der Waals surface area contributed by atoms with Crippen molar-refractivity contribution in [3.63, 3.8) is 0 Å². The molecule has 0 aromatic carbocycles. The highest BCUT2D eigenvalue weighted by Gasteiger charge is 2.43. The van der Waals surface area contributed by atoms with E-state index in [-0.39, 0.29) is 17.9 Å². The second kappa shape index (κ2) is 5.04. The molecule has 3 heteroatoms. The van der Waals surface area contributed by atoms with Gasteiger partial charge in [0.05, 0.1) is 12.0 Å². The molecule has 0 saturated heterocycles. The predicted molar refractivity (Wildman–Crippen MR) is 70.0 cm³/mol. The normalized spacial score (nSPS) is 41.8. The molecule has 2 aliphatic carbocycles. The molecule has 1 fully saturated rings. The van der Waals surface area contributed by atoms with Crippen molar-refractivity contribution in [2.75, 3.05) is 0 Å². The van der Waals surface area contributed by atoms with Gasteiger partial charge in [-0.05, 0) is 49.0 Å². The van der Waals surface area contributed by atoms with Crippen LogP contribution in [0, 0.1) is 29.6 Å². The number of rotatable bonds is 2. The summed E-state index contributed by atoms with van der Waals surface area (Å²) in [4.78, 5) is 11.2. The van der Waals surface area contributed by atoms with Gasteiger partial charge in [-0.15, -0.1) is 0 Å². The number of hydrogen-bond donors (Lipinski definition) is 2. The van der Waals surface area contributed by atoms with Gasteiger partial charge in [-0.1, -0.05) is 26.3 Å². The van der Waals surface area contributed by atoms with E-state index in [9.17, 15) is 15.0 Å². The predicted octanol–water partition coefficient (Wildman–Crippen LogP) is 2.70. The lowest BCUT2D eigenvalue weighted by Gasteiger charge is -2.46. The van der Waals surface area contributed by atoms with Gasteiger partial charge >= 0.3 is 5.97 Å². The largest absolute Gasteiger partial charge is 0.481 e. The number of carbonyl (C=O) groups is 1. The summed E-state index contributed by atoms with van der Waals surface area (Å²) < 4.78 is 0. The maximum Gasteiger partial charge on any atom is 0.306 e. The van der Waals surface area contributed by atoms with Crippen LogP contribution in [0.15, 0.2) is 11.6 Å². The minimum atomic E-state index is -0.689. The van der Waals surface area contributed by atoms with Crippen LogP contribution in [0.4, 0.5) is 0 Å². The minimum absolute atomic E-state index is 0.228. The molecule has 1 unspecified atom stereocenters. The molecular weight excluding hydrogens is 228 g/mol. The second-order valence-corrected chi connectivity index (χ2v) is 6.25. The summed E-state index contributed by atoms with van der Waals surface area (Å²) in [6.45, 7) is 6.03. The zero-order chi connectivity index (χ0) is 13.4. The molecule has 0 spiro atoms. The molecule has 0 bridgehead atoms. The molecule has 0 amide bonds. The maximum absolute atomic E-state index is 11.2. The summed E-state index contributed by atoms with van der Waals surface area (Å²) in [7, 11) is 0. The zero-order valence-electron chi connectivity index (χ0n) is 11.5. The quantitative estimate of drug-likeness (QED) is 0.743. The molecule has 2 rings (SSSR count). The highest BCUT2D eigenvalue weighted by atomic mass is 16.4. The van der Waals surface area contributed by atoms with E-state index in [4.69, 9.17) is 0 Å². The van der Waals surface area contributed by atoms with Gasteiger partial charge in [0.2, 0.25) is 0 Å². The molecule has 0 heterocycles. The van der Waals surface area contributed by atoms with Crippen molar-refractivity contribution in [1.82, 2.24) is 0 Å². The van der Waals surface area contributed by atoms with Gasteiger partial charge < -0.3 is 10.2 Å². The van der Waals surface area contributed by atoms with Gasteiger partial charge in [0.25, 0.3) is 0 Å². The highest BCUT2D eigenvalue weighted by molar-refractivity contribution is 5.70. The van der Waals surface area contributed by atoms with E-state index >= 15 is 0 Å². The van der Waals surface area contributed by atoms with Crippen LogP contribution in [0.2, 0.25) is 0 Å². The number of fused-ring (bicyclic) bond motifs is 1. The first-order valence-electron chi connectivity index (χ1n) is 7.01. The van der Waals surface area contributed by atoms with Gasteiger partial charge in [0.15, 0.2) is 0 Å². The summed E-state index contributed by atoms with van der Waals surface area (Å²) >= 11 is 0. The van der Waals surface area contributed by atoms with Crippen LogP contribution < -0.4 is 0 Å². The summed E-state index contributed by atoms with van der Waals surface area (Å²) in [6.07, 6.45) is 4.71. The van der Waals surface area contributed by atoms with Crippen molar-refractivity contribution in [3.8, 4) is 0 Å². The van der Waals surface area contributed by atoms with E-state index in [0.29, 0.717) is 17.8 Å². The fourth-order valence-corrected chi connectivity index (χ4v) is 3.82. The standard InChI is InChI=1S/C15H24O3/c1-8-4-5-11(10(3)15(17)18)13-6-9(2)14(16)7-12(8)13/h6,8,10-14,16H,4-5,7H2,1-3H3,(H,17,18)/t8-,10?,11+,12+,13-,14+/m1/s1. The Bertz CT molecular complexity index is 361. The molecule has 1 saturated carbocycles. The Labute approximate surface area is 109 Å². The smallest absolute Gasteiger partial charge is 0.306 e. The Morgan fingerprint density at radius 1 is 1.44 bits per heavy atom. The van der Waals surface area contributed by atoms with Crippen LogP contribution in [-0.4, -0.2) is 22.3 Å². The fraction of sp³-hybridized carbons (Fsp3) is 0.800. The molecule has 0 aromatic heterocycles. The van der Waals surface area contributed by atoms with Gasteiger partial charge in [-0.2, -0.15) is 0 Å². The molecule has 18 heavy (non-hydrogen) atoms. The summed E-state index contributed by atoms with van der Waals surface area (Å²) in [5, 5.41) is 19.2. The van der Waals surface area contributed by atoms with E-state index in [1.807, 2.05) is 13.8 Å². The van der Waals surface area contributed by atoms with Crippen molar-refractivity contribution in [1.29, 1.82) is 0 Å². The monoisotopic (exact) mass is 252 g/mol. The number of carboxylic acid groups (broad SMARTS) is 1. The van der Waals surface area contributed by atoms with Crippen LogP contribution in [0.1, 0.15) is 40.0 Å². The molecular formula is C15H24O3. The number of carboxylic acids is 1. The van der Waals surface area contributed by atoms with E-state index in [0.717, 1.165) is 24.8 Å². The third-order valence-corrected chi connectivity index (χ3v) is 5.18. The van der Waals surface area contributed by atoms with Crippen LogP contribution in [0.25, 0.3) is 0 Å². The first-order chi connectivity index (χ1) is 8.41. The van der Waals surface area contributed by atoms with E-state index in [1.54, 1.807) is 0 Å². The SMILES string of the molecule is CC1=C[C@H]2[C@@H](C[C@@H]1O)[C@H](C)CC[C@H]2C(C)C(=O)O. The minimum Gasteiger partial charge on any atom is -0.481 e. The van der Waals surface area contributed by atoms with Gasteiger partial charge in [-0.3, -0.25) is 4.79 Å².